The van der Waals surface area contributed by atoms with Gasteiger partial charge < -0.3 is 10.5 Å². The Hall–Kier alpha value is -1.49. The first kappa shape index (κ1) is 9.60. The maximum Gasteiger partial charge on any atom is 0.213 e. The number of hydrogen-bond donors (Lipinski definition) is 1. The lowest BCUT2D eigenvalue weighted by Crippen LogP contribution is -1.98. The highest BCUT2D eigenvalue weighted by molar-refractivity contribution is 7.71. The molecule has 0 fully saturated rings. The van der Waals surface area contributed by atoms with E-state index in [-0.39, 0.29) is 6.61 Å². The molecule has 0 amide bonds. The van der Waals surface area contributed by atoms with Gasteiger partial charge in [-0.3, -0.25) is 0 Å². The third kappa shape index (κ3) is 3.62. The highest BCUT2D eigenvalue weighted by atomic mass is 32.2. The van der Waals surface area contributed by atoms with Crippen molar-refractivity contribution in [3.8, 4) is 5.75 Å². The first-order valence-electron chi connectivity index (χ1n) is 3.58. The van der Waals surface area contributed by atoms with Crippen molar-refractivity contribution in [2.75, 3.05) is 12.3 Å². The molecular formula is C8H9NO3S. The second kappa shape index (κ2) is 4.51. The van der Waals surface area contributed by atoms with E-state index < -0.39 is 10.3 Å². The molecule has 13 heavy (non-hydrogen) atoms. The summed E-state index contributed by atoms with van der Waals surface area (Å²) < 4.78 is 25.2. The summed E-state index contributed by atoms with van der Waals surface area (Å²) in [7, 11) is -2.17. The van der Waals surface area contributed by atoms with Crippen molar-refractivity contribution < 1.29 is 13.2 Å². The predicted molar refractivity (Wildman–Crippen MR) is 51.3 cm³/mol. The summed E-state index contributed by atoms with van der Waals surface area (Å²) >= 11 is 0. The fraction of sp³-hybridized carbons (Fsp3) is 0.125. The Balaban J connectivity index is 2.55. The Kier molecular flexibility index (Phi) is 3.33. The van der Waals surface area contributed by atoms with Crippen LogP contribution in [0.4, 0.5) is 5.69 Å². The van der Waals surface area contributed by atoms with Gasteiger partial charge in [0.25, 0.3) is 0 Å². The van der Waals surface area contributed by atoms with Crippen LogP contribution < -0.4 is 10.5 Å². The Morgan fingerprint density at radius 1 is 1.31 bits per heavy atom. The quantitative estimate of drug-likeness (QED) is 0.562. The van der Waals surface area contributed by atoms with Gasteiger partial charge in [-0.25, -0.2) is 0 Å². The van der Waals surface area contributed by atoms with Gasteiger partial charge in [-0.1, -0.05) is 0 Å². The van der Waals surface area contributed by atoms with E-state index in [2.05, 4.69) is 0 Å². The predicted octanol–water partition coefficient (Wildman–Crippen LogP) is 0.329. The fourth-order valence-corrected chi connectivity index (χ4v) is 0.929. The van der Waals surface area contributed by atoms with Crippen LogP contribution in [0, 0.1) is 0 Å². The topological polar surface area (TPSA) is 69.4 Å². The highest BCUT2D eigenvalue weighted by Gasteiger charge is 1.90. The first-order chi connectivity index (χ1) is 6.18. The number of nitrogen functional groups attached to an aromatic ring is 1. The van der Waals surface area contributed by atoms with Crippen molar-refractivity contribution in [3.63, 3.8) is 0 Å². The van der Waals surface area contributed by atoms with Crippen molar-refractivity contribution in [2.24, 2.45) is 0 Å². The van der Waals surface area contributed by atoms with E-state index in [1.807, 2.05) is 0 Å². The van der Waals surface area contributed by atoms with Crippen LogP contribution in [-0.2, 0) is 10.3 Å². The van der Waals surface area contributed by atoms with Gasteiger partial charge in [0.1, 0.15) is 12.4 Å². The zero-order valence-electron chi connectivity index (χ0n) is 6.80. The maximum atomic E-state index is 10.1. The summed E-state index contributed by atoms with van der Waals surface area (Å²) in [6, 6.07) is 6.72. The molecule has 1 aromatic rings. The molecule has 0 atom stereocenters. The van der Waals surface area contributed by atoms with Crippen molar-refractivity contribution in [1.82, 2.24) is 0 Å². The Bertz CT molecular complexity index is 386. The number of benzene rings is 1. The largest absolute Gasteiger partial charge is 0.488 e. The molecule has 0 saturated carbocycles. The monoisotopic (exact) mass is 199 g/mol. The molecule has 0 heterocycles. The molecule has 70 valence electrons. The van der Waals surface area contributed by atoms with Crippen molar-refractivity contribution >= 4 is 21.3 Å². The molecular weight excluding hydrogens is 190 g/mol. The summed E-state index contributed by atoms with van der Waals surface area (Å²) in [5.74, 6) is 0.593. The normalized spacial score (nSPS) is 9.23. The van der Waals surface area contributed by atoms with Crippen LogP contribution in [0.3, 0.4) is 0 Å². The van der Waals surface area contributed by atoms with Gasteiger partial charge in [0, 0.05) is 5.69 Å². The van der Waals surface area contributed by atoms with Gasteiger partial charge >= 0.3 is 0 Å². The molecule has 0 bridgehead atoms. The van der Waals surface area contributed by atoms with E-state index in [1.165, 1.54) is 0 Å². The molecule has 0 aliphatic carbocycles. The molecule has 5 heteroatoms. The van der Waals surface area contributed by atoms with Gasteiger partial charge in [-0.15, -0.1) is 0 Å². The molecule has 0 aliphatic heterocycles. The minimum absolute atomic E-state index is 0.0417. The van der Waals surface area contributed by atoms with Gasteiger partial charge in [-0.2, -0.15) is 8.42 Å². The van der Waals surface area contributed by atoms with Crippen molar-refractivity contribution in [3.05, 3.63) is 24.3 Å². The molecule has 0 aliphatic rings. The molecule has 0 spiro atoms. The van der Waals surface area contributed by atoms with Crippen LogP contribution >= 0.6 is 0 Å². The molecule has 2 N–H and O–H groups in total. The number of ether oxygens (including phenoxy) is 1. The fourth-order valence-electron chi connectivity index (χ4n) is 0.750. The number of nitrogens with two attached hydrogens (primary N) is 1. The standard InChI is InChI=1S/C8H9NO3S/c9-7-1-3-8(4-2-7)12-5-6-13(10)11/h1-4,6H,5,9H2. The van der Waals surface area contributed by atoms with Crippen LogP contribution in [0.15, 0.2) is 24.3 Å². The van der Waals surface area contributed by atoms with Gasteiger partial charge in [0.2, 0.25) is 10.3 Å². The van der Waals surface area contributed by atoms with E-state index in [1.54, 1.807) is 24.3 Å². The minimum atomic E-state index is -2.17. The van der Waals surface area contributed by atoms with Crippen LogP contribution in [0.5, 0.6) is 5.75 Å². The SMILES string of the molecule is Nc1ccc(OCC=S(=O)=O)cc1. The second-order valence-corrected chi connectivity index (χ2v) is 3.16. The molecule has 4 nitrogen and oxygen atoms in total. The van der Waals surface area contributed by atoms with E-state index in [9.17, 15) is 8.42 Å². The van der Waals surface area contributed by atoms with Gasteiger partial charge in [0.05, 0.1) is 5.37 Å². The van der Waals surface area contributed by atoms with Crippen molar-refractivity contribution in [2.45, 2.75) is 0 Å². The molecule has 1 aromatic carbocycles. The Morgan fingerprint density at radius 3 is 2.46 bits per heavy atom. The van der Waals surface area contributed by atoms with Crippen molar-refractivity contribution in [1.29, 1.82) is 0 Å². The van der Waals surface area contributed by atoms with E-state index in [0.29, 0.717) is 11.4 Å². The summed E-state index contributed by atoms with van der Waals surface area (Å²) in [5.41, 5.74) is 6.08. The van der Waals surface area contributed by atoms with Crippen LogP contribution in [-0.4, -0.2) is 20.4 Å². The summed E-state index contributed by atoms with van der Waals surface area (Å²) in [6.07, 6.45) is 0. The zero-order valence-corrected chi connectivity index (χ0v) is 7.62. The van der Waals surface area contributed by atoms with E-state index >= 15 is 0 Å². The zero-order chi connectivity index (χ0) is 9.68. The summed E-state index contributed by atoms with van der Waals surface area (Å²) in [4.78, 5) is 0. The Morgan fingerprint density at radius 2 is 1.92 bits per heavy atom. The first-order valence-corrected chi connectivity index (χ1v) is 4.72. The molecule has 0 aromatic heterocycles. The van der Waals surface area contributed by atoms with Crippen LogP contribution in [0.1, 0.15) is 0 Å². The molecule has 0 saturated heterocycles. The number of hydrogen-bond acceptors (Lipinski definition) is 4. The van der Waals surface area contributed by atoms with E-state index in [4.69, 9.17) is 10.5 Å². The van der Waals surface area contributed by atoms with E-state index in [0.717, 1.165) is 5.37 Å². The highest BCUT2D eigenvalue weighted by Crippen LogP contribution is 2.12. The second-order valence-electron chi connectivity index (χ2n) is 2.31. The Labute approximate surface area is 77.5 Å². The van der Waals surface area contributed by atoms with Crippen LogP contribution in [0.25, 0.3) is 0 Å². The molecule has 1 rings (SSSR count). The lowest BCUT2D eigenvalue weighted by Gasteiger charge is -2.01. The average molecular weight is 199 g/mol. The van der Waals surface area contributed by atoms with Gasteiger partial charge in [0.15, 0.2) is 0 Å². The smallest absolute Gasteiger partial charge is 0.213 e. The summed E-state index contributed by atoms with van der Waals surface area (Å²) in [6.45, 7) is 0.0417. The summed E-state index contributed by atoms with van der Waals surface area (Å²) in [5, 5.41) is 1.04. The average Bonchev–Trinajstić information content (AvgIpc) is 2.08. The third-order valence-electron chi connectivity index (χ3n) is 1.33. The molecule has 0 radical (unpaired) electrons. The lowest BCUT2D eigenvalue weighted by molar-refractivity contribution is 0.382. The van der Waals surface area contributed by atoms with Crippen LogP contribution in [0.2, 0.25) is 0 Å². The number of rotatable bonds is 3. The maximum absolute atomic E-state index is 10.1. The molecule has 0 unspecified atom stereocenters. The number of anilines is 1. The van der Waals surface area contributed by atoms with Gasteiger partial charge in [-0.05, 0) is 24.3 Å². The third-order valence-corrected chi connectivity index (χ3v) is 1.74. The lowest BCUT2D eigenvalue weighted by atomic mass is 10.3. The minimum Gasteiger partial charge on any atom is -0.488 e.